The molecule has 0 spiro atoms. The van der Waals surface area contributed by atoms with E-state index in [4.69, 9.17) is 0 Å². The fourth-order valence-electron chi connectivity index (χ4n) is 7.02. The second kappa shape index (κ2) is 7.54. The lowest BCUT2D eigenvalue weighted by atomic mass is 9.63. The first-order valence-electron chi connectivity index (χ1n) is 12.2. The minimum absolute atomic E-state index is 0.0317. The molecule has 6 aliphatic rings. The topological polar surface area (TPSA) is 95.6 Å². The maximum atomic E-state index is 13.3. The van der Waals surface area contributed by atoms with Crippen LogP contribution in [0.2, 0.25) is 0 Å². The Balaban J connectivity index is 1.06. The molecule has 0 aromatic heterocycles. The Morgan fingerprint density at radius 1 is 0.818 bits per heavy atom. The number of hydrogen-bond donors (Lipinski definition) is 2. The average molecular weight is 448 g/mol. The standard InChI is InChI=1S/C26H29N3O4/c1-13(30)27-15-4-6-16(7-5-15)28-24(31)14-2-8-17(9-3-14)29-25(32)22-18-10-11-19(21-12-20(18)21)23(22)26(29)33/h4-7,10-11,14,17-23H,2-3,8-9,12H2,1H3,(H,27,30)(H,28,31)/t14?,17?,18-,19-,20-,21+,22+,23+/m1/s1. The molecular formula is C26H29N3O4. The predicted molar refractivity (Wildman–Crippen MR) is 122 cm³/mol. The Hall–Kier alpha value is -2.96. The number of allylic oxidation sites excluding steroid dienone is 2. The average Bonchev–Trinajstić information content (AvgIpc) is 3.58. The summed E-state index contributed by atoms with van der Waals surface area (Å²) in [5, 5.41) is 5.66. The van der Waals surface area contributed by atoms with E-state index in [0.29, 0.717) is 48.9 Å². The lowest BCUT2D eigenvalue weighted by molar-refractivity contribution is -0.144. The van der Waals surface area contributed by atoms with E-state index in [2.05, 4.69) is 22.8 Å². The van der Waals surface area contributed by atoms with Crippen molar-refractivity contribution in [3.8, 4) is 0 Å². The molecule has 1 saturated heterocycles. The molecular weight excluding hydrogens is 418 g/mol. The smallest absolute Gasteiger partial charge is 0.233 e. The van der Waals surface area contributed by atoms with Crippen LogP contribution in [0.25, 0.3) is 0 Å². The van der Waals surface area contributed by atoms with Crippen molar-refractivity contribution in [1.82, 2.24) is 4.90 Å². The summed E-state index contributed by atoms with van der Waals surface area (Å²) in [5.74, 6) is 1.25. The highest BCUT2D eigenvalue weighted by atomic mass is 16.2. The van der Waals surface area contributed by atoms with Crippen LogP contribution in [0.1, 0.15) is 39.0 Å². The van der Waals surface area contributed by atoms with Crippen LogP contribution in [0.5, 0.6) is 0 Å². The summed E-state index contributed by atoms with van der Waals surface area (Å²) in [6.45, 7) is 1.45. The molecule has 4 amide bonds. The van der Waals surface area contributed by atoms with Gasteiger partial charge in [-0.3, -0.25) is 24.1 Å². The molecule has 6 atom stereocenters. The number of imide groups is 1. The van der Waals surface area contributed by atoms with Gasteiger partial charge in [0.1, 0.15) is 0 Å². The van der Waals surface area contributed by atoms with Gasteiger partial charge in [-0.05, 0) is 80.0 Å². The maximum Gasteiger partial charge on any atom is 0.233 e. The van der Waals surface area contributed by atoms with Crippen molar-refractivity contribution in [1.29, 1.82) is 0 Å². The molecule has 5 aliphatic carbocycles. The Kier molecular flexibility index (Phi) is 4.71. The van der Waals surface area contributed by atoms with Crippen LogP contribution in [-0.4, -0.2) is 34.6 Å². The van der Waals surface area contributed by atoms with Gasteiger partial charge < -0.3 is 10.6 Å². The molecule has 0 radical (unpaired) electrons. The Morgan fingerprint density at radius 3 is 1.85 bits per heavy atom. The van der Waals surface area contributed by atoms with Gasteiger partial charge in [-0.25, -0.2) is 0 Å². The number of anilines is 2. The minimum Gasteiger partial charge on any atom is -0.326 e. The third-order valence-electron chi connectivity index (χ3n) is 8.60. The summed E-state index contributed by atoms with van der Waals surface area (Å²) in [6.07, 6.45) is 8.30. The zero-order chi connectivity index (χ0) is 22.9. The minimum atomic E-state index is -0.141. The highest BCUT2D eigenvalue weighted by molar-refractivity contribution is 6.06. The van der Waals surface area contributed by atoms with E-state index in [1.165, 1.54) is 13.3 Å². The number of hydrogen-bond acceptors (Lipinski definition) is 4. The van der Waals surface area contributed by atoms with Crippen molar-refractivity contribution in [2.45, 2.75) is 45.1 Å². The summed E-state index contributed by atoms with van der Waals surface area (Å²) >= 11 is 0. The van der Waals surface area contributed by atoms with E-state index < -0.39 is 0 Å². The lowest BCUT2D eigenvalue weighted by Gasteiger charge is -2.37. The zero-order valence-corrected chi connectivity index (χ0v) is 18.7. The quantitative estimate of drug-likeness (QED) is 0.547. The first-order chi connectivity index (χ1) is 15.9. The molecule has 2 N–H and O–H groups in total. The van der Waals surface area contributed by atoms with Crippen molar-refractivity contribution in [2.24, 2.45) is 41.4 Å². The molecule has 3 saturated carbocycles. The van der Waals surface area contributed by atoms with Crippen LogP contribution >= 0.6 is 0 Å². The van der Waals surface area contributed by atoms with E-state index in [-0.39, 0.29) is 59.3 Å². The van der Waals surface area contributed by atoms with Crippen LogP contribution in [0.4, 0.5) is 11.4 Å². The van der Waals surface area contributed by atoms with Gasteiger partial charge in [0.15, 0.2) is 0 Å². The number of benzene rings is 1. The summed E-state index contributed by atoms with van der Waals surface area (Å²) < 4.78 is 0. The molecule has 7 heteroatoms. The third kappa shape index (κ3) is 3.31. The van der Waals surface area contributed by atoms with Crippen molar-refractivity contribution in [3.05, 3.63) is 36.4 Å². The number of carbonyl (C=O) groups excluding carboxylic acids is 4. The van der Waals surface area contributed by atoms with Gasteiger partial charge in [0, 0.05) is 30.3 Å². The van der Waals surface area contributed by atoms with Crippen LogP contribution < -0.4 is 10.6 Å². The van der Waals surface area contributed by atoms with Crippen molar-refractivity contribution < 1.29 is 19.2 Å². The van der Waals surface area contributed by atoms with Crippen LogP contribution in [0.15, 0.2) is 36.4 Å². The van der Waals surface area contributed by atoms with Crippen LogP contribution in [0, 0.1) is 41.4 Å². The molecule has 1 aromatic carbocycles. The first-order valence-corrected chi connectivity index (χ1v) is 12.2. The normalized spacial score (nSPS) is 38.0. The molecule has 1 aromatic rings. The van der Waals surface area contributed by atoms with Crippen LogP contribution in [0.3, 0.4) is 0 Å². The van der Waals surface area contributed by atoms with Gasteiger partial charge in [0.2, 0.25) is 23.6 Å². The van der Waals surface area contributed by atoms with Gasteiger partial charge >= 0.3 is 0 Å². The molecule has 1 heterocycles. The van der Waals surface area contributed by atoms with Gasteiger partial charge in [-0.15, -0.1) is 0 Å². The largest absolute Gasteiger partial charge is 0.326 e. The van der Waals surface area contributed by atoms with Gasteiger partial charge in [0.25, 0.3) is 0 Å². The Morgan fingerprint density at radius 2 is 1.33 bits per heavy atom. The highest BCUT2D eigenvalue weighted by Crippen LogP contribution is 2.65. The highest BCUT2D eigenvalue weighted by Gasteiger charge is 2.67. The van der Waals surface area contributed by atoms with Crippen LogP contribution in [-0.2, 0) is 19.2 Å². The second-order valence-corrected chi connectivity index (χ2v) is 10.5. The molecule has 7 nitrogen and oxygen atoms in total. The van der Waals surface area contributed by atoms with Crippen molar-refractivity contribution in [2.75, 3.05) is 10.6 Å². The fraction of sp³-hybridized carbons (Fsp3) is 0.538. The molecule has 7 rings (SSSR count). The number of carbonyl (C=O) groups is 4. The van der Waals surface area contributed by atoms with Crippen molar-refractivity contribution in [3.63, 3.8) is 0 Å². The summed E-state index contributed by atoms with van der Waals surface area (Å²) in [4.78, 5) is 52.2. The summed E-state index contributed by atoms with van der Waals surface area (Å²) in [6, 6.07) is 6.97. The zero-order valence-electron chi connectivity index (χ0n) is 18.7. The second-order valence-electron chi connectivity index (χ2n) is 10.5. The Bertz CT molecular complexity index is 1020. The lowest BCUT2D eigenvalue weighted by Crippen LogP contribution is -2.44. The van der Waals surface area contributed by atoms with E-state index in [1.54, 1.807) is 29.2 Å². The maximum absolute atomic E-state index is 13.3. The van der Waals surface area contributed by atoms with Gasteiger partial charge in [0.05, 0.1) is 11.8 Å². The summed E-state index contributed by atoms with van der Waals surface area (Å²) in [7, 11) is 0. The molecule has 1 aliphatic heterocycles. The number of rotatable bonds is 4. The fourth-order valence-corrected chi connectivity index (χ4v) is 7.02. The summed E-state index contributed by atoms with van der Waals surface area (Å²) in [5.41, 5.74) is 1.37. The first kappa shape index (κ1) is 20.6. The monoisotopic (exact) mass is 447 g/mol. The van der Waals surface area contributed by atoms with Crippen molar-refractivity contribution >= 4 is 35.0 Å². The Labute approximate surface area is 193 Å². The SMILES string of the molecule is CC(=O)Nc1ccc(NC(=O)C2CCC(N3C(=O)[C@H]4[C@@H]5C=C[C@H]([C@@H]6C[C@H]56)[C@@H]4C3=O)CC2)cc1. The molecule has 0 unspecified atom stereocenters. The molecule has 172 valence electrons. The number of nitrogens with one attached hydrogen (secondary N) is 2. The number of likely N-dealkylation sites (tertiary alicyclic amines) is 1. The van der Waals surface area contributed by atoms with E-state index in [9.17, 15) is 19.2 Å². The van der Waals surface area contributed by atoms with E-state index in [1.807, 2.05) is 0 Å². The van der Waals surface area contributed by atoms with E-state index in [0.717, 1.165) is 0 Å². The third-order valence-corrected chi connectivity index (χ3v) is 8.60. The predicted octanol–water partition coefficient (Wildman–Crippen LogP) is 3.20. The van der Waals surface area contributed by atoms with Gasteiger partial charge in [-0.1, -0.05) is 12.2 Å². The van der Waals surface area contributed by atoms with E-state index >= 15 is 0 Å². The molecule has 2 bridgehead atoms. The van der Waals surface area contributed by atoms with Gasteiger partial charge in [-0.2, -0.15) is 0 Å². The number of amides is 4. The molecule has 33 heavy (non-hydrogen) atoms. The molecule has 4 fully saturated rings. The number of nitrogens with zero attached hydrogens (tertiary/aromatic N) is 1.